The number of methoxy groups -OCH3 is 5. The summed E-state index contributed by atoms with van der Waals surface area (Å²) >= 11 is 0. The molecular weight excluding hydrogens is 1290 g/mol. The van der Waals surface area contributed by atoms with Crippen LogP contribution in [-0.2, 0) is 40.5 Å². The van der Waals surface area contributed by atoms with Crippen molar-refractivity contribution in [2.24, 2.45) is 0 Å². The number of carbonyl (C=O) groups excluding carboxylic acids is 6. The van der Waals surface area contributed by atoms with Crippen LogP contribution in [0.5, 0.6) is 51.7 Å². The lowest BCUT2D eigenvalue weighted by Crippen LogP contribution is -2.36. The molecule has 4 N–H and O–H groups in total. The summed E-state index contributed by atoms with van der Waals surface area (Å²) in [5, 5.41) is 25.9. The molecule has 4 aliphatic rings. The first-order valence-electron chi connectivity index (χ1n) is 31.6. The van der Waals surface area contributed by atoms with Gasteiger partial charge in [-0.25, -0.2) is 19.2 Å². The monoisotopic (exact) mass is 1360 g/mol. The Morgan fingerprint density at radius 1 is 0.485 bits per heavy atom. The summed E-state index contributed by atoms with van der Waals surface area (Å²) in [4.78, 5) is 108. The summed E-state index contributed by atoms with van der Waals surface area (Å²) in [5.41, 5.74) is 5.29. The number of aromatic nitrogens is 2. The number of hydrogen-bond acceptors (Lipinski definition) is 22. The van der Waals surface area contributed by atoms with Gasteiger partial charge in [-0.05, 0) is 98.0 Å². The Labute approximate surface area is 565 Å². The van der Waals surface area contributed by atoms with E-state index < -0.39 is 24.4 Å². The lowest BCUT2D eigenvalue weighted by atomic mass is 10.0. The average molecular weight is 1360 g/mol. The van der Waals surface area contributed by atoms with Gasteiger partial charge in [-0.2, -0.15) is 0 Å². The van der Waals surface area contributed by atoms with E-state index in [1.54, 1.807) is 77.4 Å². The van der Waals surface area contributed by atoms with Gasteiger partial charge in [0.15, 0.2) is 57.6 Å². The predicted octanol–water partition coefficient (Wildman–Crippen LogP) is 8.10. The number of benzene rings is 6. The summed E-state index contributed by atoms with van der Waals surface area (Å²) in [6.45, 7) is 2.71. The highest BCUT2D eigenvalue weighted by molar-refractivity contribution is 6.28. The first-order valence-corrected chi connectivity index (χ1v) is 31.6. The summed E-state index contributed by atoms with van der Waals surface area (Å²) < 4.78 is 68.0. The Morgan fingerprint density at radius 2 is 0.869 bits per heavy atom. The number of ketones is 2. The van der Waals surface area contributed by atoms with Crippen LogP contribution < -0.4 is 64.4 Å². The van der Waals surface area contributed by atoms with Crippen LogP contribution in [0.4, 0.5) is 19.2 Å². The minimum absolute atomic E-state index is 0.0111. The first-order chi connectivity index (χ1) is 48.0. The molecule has 0 radical (unpaired) electrons. The van der Waals surface area contributed by atoms with Crippen LogP contribution in [0.2, 0.25) is 0 Å². The summed E-state index contributed by atoms with van der Waals surface area (Å²) in [5.74, 6) is 3.00. The van der Waals surface area contributed by atoms with Crippen molar-refractivity contribution in [3.05, 3.63) is 157 Å². The van der Waals surface area contributed by atoms with Crippen LogP contribution >= 0.6 is 0 Å². The number of hydrogen-bond donors (Lipinski definition) is 4. The van der Waals surface area contributed by atoms with E-state index in [0.717, 1.165) is 11.1 Å². The van der Waals surface area contributed by atoms with Crippen molar-refractivity contribution in [3.63, 3.8) is 0 Å². The number of aryl methyl sites for hydroxylation is 1. The van der Waals surface area contributed by atoms with Gasteiger partial charge in [0.1, 0.15) is 19.0 Å². The zero-order valence-corrected chi connectivity index (χ0v) is 55.1. The van der Waals surface area contributed by atoms with E-state index in [-0.39, 0.29) is 126 Å². The van der Waals surface area contributed by atoms with Gasteiger partial charge in [0.25, 0.3) is 11.1 Å². The smallest absolute Gasteiger partial charge is 0.412 e. The third kappa shape index (κ3) is 14.5. The molecule has 2 aliphatic carbocycles. The fourth-order valence-corrected chi connectivity index (χ4v) is 12.1. The van der Waals surface area contributed by atoms with E-state index in [9.17, 15) is 48.6 Å². The van der Waals surface area contributed by atoms with E-state index in [4.69, 9.17) is 52.1 Å². The van der Waals surface area contributed by atoms with Gasteiger partial charge in [-0.3, -0.25) is 19.2 Å². The Morgan fingerprint density at radius 3 is 1.26 bits per heavy atom. The van der Waals surface area contributed by atoms with Crippen LogP contribution in [0.15, 0.2) is 107 Å². The number of nitrogens with zero attached hydrogens (tertiary/aromatic N) is 4. The molecule has 4 amide bonds. The number of aliphatic hydroxyl groups excluding tert-OH is 2. The maximum absolute atomic E-state index is 14.2. The highest BCUT2D eigenvalue weighted by atomic mass is 16.7. The summed E-state index contributed by atoms with van der Waals surface area (Å²) in [6, 6.07) is 27.1. The van der Waals surface area contributed by atoms with E-state index in [0.29, 0.717) is 132 Å². The lowest BCUT2D eigenvalue weighted by molar-refractivity contribution is 0.0872. The summed E-state index contributed by atoms with van der Waals surface area (Å²) in [6.07, 6.45) is -1.39. The average Bonchev–Trinajstić information content (AvgIpc) is 1.57. The van der Waals surface area contributed by atoms with Crippen molar-refractivity contribution in [2.45, 2.75) is 52.5 Å². The minimum Gasteiger partial charge on any atom is -0.493 e. The van der Waals surface area contributed by atoms with Gasteiger partial charge in [-0.15, -0.1) is 0 Å². The molecule has 12 rings (SSSR count). The topological polar surface area (TPSA) is 328 Å². The molecule has 8 aromatic rings. The Balaban J connectivity index is 0.000000205. The number of carbonyl (C=O) groups is 6. The number of ether oxygens (including phenoxy) is 12. The standard InChI is InChI=1S/C38H40N4O13.C33H32N2O9/c1-49-28-16-24-27(19-29(28)50-2)35(45)42(33-25-17-30-31(54-21-53-30)18-26(25)34(44)32(24)33)13-5-12-41(14-15-43)38(48)52-20-22-6-8-23(9-7-22)55-37(47)40-11-4-10-39-36(46)51-3;1-19-5-7-20(8-6-19)17-42-33(39)34(11-12-36)9-4-10-35-30-22-14-27-28(44-18-43-27)15-23(22)31(37)29(30)21-13-25(40-2)26(41-3)16-24(21)32(35)38/h6-9,16-19,43H,4-5,10-15,20-21H2,1-3H3,(H,39,46)(H,40,47);5-8,13-16,36H,4,9-12,17-18H2,1-3H3. The van der Waals surface area contributed by atoms with Crippen molar-refractivity contribution < 1.29 is 95.8 Å². The van der Waals surface area contributed by atoms with Crippen LogP contribution in [-0.4, -0.2) is 167 Å². The largest absolute Gasteiger partial charge is 0.493 e. The number of alkyl carbamates (subject to hydrolysis) is 1. The molecule has 518 valence electrons. The molecule has 0 fully saturated rings. The maximum Gasteiger partial charge on any atom is 0.412 e. The molecule has 0 unspecified atom stereocenters. The van der Waals surface area contributed by atoms with Gasteiger partial charge >= 0.3 is 24.4 Å². The zero-order valence-electron chi connectivity index (χ0n) is 55.1. The van der Waals surface area contributed by atoms with E-state index in [1.165, 1.54) is 49.9 Å². The van der Waals surface area contributed by atoms with Crippen LogP contribution in [0.25, 0.3) is 44.1 Å². The predicted molar refractivity (Wildman–Crippen MR) is 356 cm³/mol. The summed E-state index contributed by atoms with van der Waals surface area (Å²) in [7, 11) is 7.16. The van der Waals surface area contributed by atoms with Gasteiger partial charge < -0.3 is 96.6 Å². The van der Waals surface area contributed by atoms with Crippen molar-refractivity contribution in [1.82, 2.24) is 29.6 Å². The molecular formula is C71H72N6O22. The second-order valence-corrected chi connectivity index (χ2v) is 23.0. The third-order valence-corrected chi connectivity index (χ3v) is 17.0. The fraction of sp³-hybridized carbons (Fsp3) is 0.324. The first kappa shape index (κ1) is 68.9. The molecule has 0 saturated heterocycles. The molecule has 99 heavy (non-hydrogen) atoms. The highest BCUT2D eigenvalue weighted by Crippen LogP contribution is 2.49. The molecule has 0 atom stereocenters. The van der Waals surface area contributed by atoms with Gasteiger partial charge in [0, 0.05) is 85.4 Å². The Hall–Kier alpha value is -11.5. The number of amides is 4. The number of aliphatic hydroxyl groups is 2. The SMILES string of the molecule is COC(=O)NCCCNC(=O)Oc1ccc(COC(=O)N(CCO)CCCn2c3c(c4cc(OC)c(OC)cc4c2=O)C(=O)c2cc4c(cc2-3)OCO4)cc1.COc1cc2c3c(n(CCCN(CCO)C(=O)OCc4ccc(C)cc4)c(=O)c2cc1OC)-c1cc2c(cc1C3=O)OCO2. The van der Waals surface area contributed by atoms with Gasteiger partial charge in [0.05, 0.1) is 82.0 Å². The Kier molecular flexibility index (Phi) is 21.3. The van der Waals surface area contributed by atoms with Gasteiger partial charge in [0.2, 0.25) is 13.6 Å². The number of rotatable bonds is 25. The van der Waals surface area contributed by atoms with Crippen LogP contribution in [0, 0.1) is 6.92 Å². The van der Waals surface area contributed by atoms with Crippen LogP contribution in [0.3, 0.4) is 0 Å². The highest BCUT2D eigenvalue weighted by Gasteiger charge is 2.38. The fourth-order valence-electron chi connectivity index (χ4n) is 12.1. The lowest BCUT2D eigenvalue weighted by Gasteiger charge is -2.22. The van der Waals surface area contributed by atoms with Gasteiger partial charge in [-0.1, -0.05) is 42.0 Å². The number of nitrogens with one attached hydrogen (secondary N) is 2. The molecule has 0 saturated carbocycles. The van der Waals surface area contributed by atoms with Crippen molar-refractivity contribution in [2.75, 3.05) is 102 Å². The molecule has 28 nitrogen and oxygen atoms in total. The number of fused-ring (bicyclic) bond motifs is 12. The molecule has 0 bridgehead atoms. The second kappa shape index (κ2) is 30.7. The Bertz CT molecular complexity index is 4570. The zero-order chi connectivity index (χ0) is 70.0. The van der Waals surface area contributed by atoms with Crippen molar-refractivity contribution >= 4 is 57.5 Å². The molecule has 2 aliphatic heterocycles. The second-order valence-electron chi connectivity index (χ2n) is 23.0. The van der Waals surface area contributed by atoms with E-state index >= 15 is 0 Å². The van der Waals surface area contributed by atoms with Crippen LogP contribution in [0.1, 0.15) is 67.8 Å². The minimum atomic E-state index is -0.684. The third-order valence-electron chi connectivity index (χ3n) is 17.0. The normalized spacial score (nSPS) is 12.4. The number of pyridine rings is 2. The van der Waals surface area contributed by atoms with Crippen molar-refractivity contribution in [3.8, 4) is 74.3 Å². The van der Waals surface area contributed by atoms with E-state index in [1.807, 2.05) is 31.2 Å². The molecule has 6 aromatic carbocycles. The molecule has 0 spiro atoms. The molecule has 2 aromatic heterocycles. The molecule has 4 heterocycles. The quantitative estimate of drug-likeness (QED) is 0.0310. The van der Waals surface area contributed by atoms with E-state index in [2.05, 4.69) is 15.4 Å². The maximum atomic E-state index is 14.2. The van der Waals surface area contributed by atoms with Crippen molar-refractivity contribution in [1.29, 1.82) is 0 Å². The molecule has 28 heteroatoms.